The molecular formula is C16H15ClFNS. The van der Waals surface area contributed by atoms with E-state index >= 15 is 0 Å². The van der Waals surface area contributed by atoms with Crippen molar-refractivity contribution in [2.45, 2.75) is 35.2 Å². The largest absolute Gasteiger partial charge is 0.310 e. The van der Waals surface area contributed by atoms with Gasteiger partial charge in [0.2, 0.25) is 0 Å². The van der Waals surface area contributed by atoms with Crippen molar-refractivity contribution < 1.29 is 4.39 Å². The normalized spacial score (nSPS) is 14.5. The molecule has 0 radical (unpaired) electrons. The quantitative estimate of drug-likeness (QED) is 0.844. The molecule has 0 saturated heterocycles. The van der Waals surface area contributed by atoms with Crippen molar-refractivity contribution in [3.8, 4) is 0 Å². The van der Waals surface area contributed by atoms with E-state index in [2.05, 4.69) is 5.32 Å². The lowest BCUT2D eigenvalue weighted by molar-refractivity contribution is 0.602. The molecule has 20 heavy (non-hydrogen) atoms. The summed E-state index contributed by atoms with van der Waals surface area (Å²) in [5.74, 6) is -0.210. The zero-order valence-electron chi connectivity index (χ0n) is 10.9. The van der Waals surface area contributed by atoms with E-state index in [1.54, 1.807) is 12.1 Å². The number of hydrogen-bond donors (Lipinski definition) is 1. The minimum atomic E-state index is -0.210. The summed E-state index contributed by atoms with van der Waals surface area (Å²) in [4.78, 5) is 1.54. The van der Waals surface area contributed by atoms with Crippen LogP contribution >= 0.6 is 23.4 Å². The molecule has 1 saturated carbocycles. The molecule has 0 aromatic heterocycles. The van der Waals surface area contributed by atoms with Crippen LogP contribution in [0.25, 0.3) is 0 Å². The van der Waals surface area contributed by atoms with Gasteiger partial charge in [-0.2, -0.15) is 0 Å². The molecule has 104 valence electrons. The second kappa shape index (κ2) is 6.17. The molecule has 0 spiro atoms. The highest BCUT2D eigenvalue weighted by Crippen LogP contribution is 2.37. The van der Waals surface area contributed by atoms with E-state index in [1.807, 2.05) is 24.3 Å². The van der Waals surface area contributed by atoms with Crippen molar-refractivity contribution in [1.29, 1.82) is 0 Å². The maximum absolute atomic E-state index is 13.8. The maximum Gasteiger partial charge on any atom is 0.137 e. The fourth-order valence-corrected chi connectivity index (χ4v) is 3.26. The van der Waals surface area contributed by atoms with Gasteiger partial charge in [0.1, 0.15) is 5.82 Å². The van der Waals surface area contributed by atoms with E-state index in [4.69, 9.17) is 11.6 Å². The highest BCUT2D eigenvalue weighted by Gasteiger charge is 2.21. The smallest absolute Gasteiger partial charge is 0.137 e. The van der Waals surface area contributed by atoms with Gasteiger partial charge in [-0.1, -0.05) is 47.6 Å². The molecule has 1 N–H and O–H groups in total. The highest BCUT2D eigenvalue weighted by atomic mass is 35.5. The lowest BCUT2D eigenvalue weighted by Gasteiger charge is -2.12. The van der Waals surface area contributed by atoms with Gasteiger partial charge in [-0.3, -0.25) is 0 Å². The maximum atomic E-state index is 13.8. The van der Waals surface area contributed by atoms with Crippen molar-refractivity contribution in [2.75, 3.05) is 0 Å². The Morgan fingerprint density at radius 2 is 1.95 bits per heavy atom. The van der Waals surface area contributed by atoms with Gasteiger partial charge in [0, 0.05) is 22.4 Å². The molecule has 1 fully saturated rings. The lowest BCUT2D eigenvalue weighted by atomic mass is 10.2. The third-order valence-corrected chi connectivity index (χ3v) is 4.92. The molecule has 1 aliphatic rings. The Kier molecular flexibility index (Phi) is 4.29. The van der Waals surface area contributed by atoms with E-state index in [9.17, 15) is 4.39 Å². The van der Waals surface area contributed by atoms with Crippen LogP contribution in [0.1, 0.15) is 18.4 Å². The molecule has 2 aromatic carbocycles. The van der Waals surface area contributed by atoms with Gasteiger partial charge in [-0.05, 0) is 36.6 Å². The molecular weight excluding hydrogens is 293 g/mol. The first-order valence-electron chi connectivity index (χ1n) is 6.67. The van der Waals surface area contributed by atoms with E-state index in [0.29, 0.717) is 16.0 Å². The first kappa shape index (κ1) is 13.9. The van der Waals surface area contributed by atoms with E-state index in [0.717, 1.165) is 17.0 Å². The van der Waals surface area contributed by atoms with E-state index in [1.165, 1.54) is 30.7 Å². The summed E-state index contributed by atoms with van der Waals surface area (Å²) < 4.78 is 13.8. The third kappa shape index (κ3) is 3.35. The van der Waals surface area contributed by atoms with Crippen molar-refractivity contribution in [2.24, 2.45) is 0 Å². The van der Waals surface area contributed by atoms with Crippen LogP contribution in [0.4, 0.5) is 4.39 Å². The number of nitrogens with one attached hydrogen (secondary N) is 1. The Balaban J connectivity index is 1.85. The van der Waals surface area contributed by atoms with Gasteiger partial charge in [-0.25, -0.2) is 4.39 Å². The van der Waals surface area contributed by atoms with Crippen molar-refractivity contribution in [3.63, 3.8) is 0 Å². The molecule has 0 bridgehead atoms. The van der Waals surface area contributed by atoms with Crippen LogP contribution in [-0.2, 0) is 6.54 Å². The van der Waals surface area contributed by atoms with Gasteiger partial charge in [0.15, 0.2) is 0 Å². The van der Waals surface area contributed by atoms with Crippen LogP contribution in [0, 0.1) is 5.82 Å². The van der Waals surface area contributed by atoms with Crippen LogP contribution in [0.2, 0.25) is 5.02 Å². The SMILES string of the molecule is Fc1ccccc1Sc1c(Cl)cccc1CNC1CC1. The zero-order valence-corrected chi connectivity index (χ0v) is 12.5. The molecule has 0 heterocycles. The summed E-state index contributed by atoms with van der Waals surface area (Å²) in [6, 6.07) is 13.3. The second-order valence-electron chi connectivity index (χ2n) is 4.92. The van der Waals surface area contributed by atoms with E-state index in [-0.39, 0.29) is 5.82 Å². The second-order valence-corrected chi connectivity index (χ2v) is 6.38. The predicted molar refractivity (Wildman–Crippen MR) is 81.8 cm³/mol. The van der Waals surface area contributed by atoms with Gasteiger partial charge in [0.05, 0.1) is 5.02 Å². The van der Waals surface area contributed by atoms with Gasteiger partial charge < -0.3 is 5.32 Å². The fraction of sp³-hybridized carbons (Fsp3) is 0.250. The number of benzene rings is 2. The first-order valence-corrected chi connectivity index (χ1v) is 7.86. The average molecular weight is 308 g/mol. The molecule has 0 aliphatic heterocycles. The summed E-state index contributed by atoms with van der Waals surface area (Å²) in [6.45, 7) is 0.780. The number of rotatable bonds is 5. The van der Waals surface area contributed by atoms with Gasteiger partial charge in [-0.15, -0.1) is 0 Å². The topological polar surface area (TPSA) is 12.0 Å². The van der Waals surface area contributed by atoms with Crippen LogP contribution < -0.4 is 5.32 Å². The minimum Gasteiger partial charge on any atom is -0.310 e. The molecule has 1 nitrogen and oxygen atoms in total. The Morgan fingerprint density at radius 1 is 1.15 bits per heavy atom. The number of halogens is 2. The predicted octanol–water partition coefficient (Wildman–Crippen LogP) is 4.88. The summed E-state index contributed by atoms with van der Waals surface area (Å²) in [5.41, 5.74) is 1.12. The van der Waals surface area contributed by atoms with Crippen LogP contribution in [-0.4, -0.2) is 6.04 Å². The summed E-state index contributed by atoms with van der Waals surface area (Å²) in [7, 11) is 0. The molecule has 1 aliphatic carbocycles. The molecule has 0 atom stereocenters. The van der Waals surface area contributed by atoms with Gasteiger partial charge in [0.25, 0.3) is 0 Å². The van der Waals surface area contributed by atoms with Crippen molar-refractivity contribution in [3.05, 3.63) is 58.9 Å². The Bertz CT molecular complexity index is 613. The summed E-state index contributed by atoms with van der Waals surface area (Å²) in [5, 5.41) is 4.15. The summed E-state index contributed by atoms with van der Waals surface area (Å²) in [6.07, 6.45) is 2.49. The monoisotopic (exact) mass is 307 g/mol. The van der Waals surface area contributed by atoms with Crippen molar-refractivity contribution >= 4 is 23.4 Å². The van der Waals surface area contributed by atoms with Gasteiger partial charge >= 0.3 is 0 Å². The van der Waals surface area contributed by atoms with Crippen LogP contribution in [0.15, 0.2) is 52.3 Å². The zero-order chi connectivity index (χ0) is 13.9. The summed E-state index contributed by atoms with van der Waals surface area (Å²) >= 11 is 7.68. The van der Waals surface area contributed by atoms with E-state index < -0.39 is 0 Å². The van der Waals surface area contributed by atoms with Crippen LogP contribution in [0.3, 0.4) is 0 Å². The Hall–Kier alpha value is -1.03. The fourth-order valence-electron chi connectivity index (χ4n) is 1.99. The average Bonchev–Trinajstić information content (AvgIpc) is 3.26. The van der Waals surface area contributed by atoms with Crippen LogP contribution in [0.5, 0.6) is 0 Å². The standard InChI is InChI=1S/C16H15ClFNS/c17-13-5-3-4-11(10-19-12-8-9-12)16(13)20-15-7-2-1-6-14(15)18/h1-7,12,19H,8-10H2. The first-order chi connectivity index (χ1) is 9.74. The van der Waals surface area contributed by atoms with Crippen molar-refractivity contribution in [1.82, 2.24) is 5.32 Å². The molecule has 0 amide bonds. The Morgan fingerprint density at radius 3 is 2.70 bits per heavy atom. The number of hydrogen-bond acceptors (Lipinski definition) is 2. The Labute approximate surface area is 127 Å². The molecule has 0 unspecified atom stereocenters. The molecule has 4 heteroatoms. The highest BCUT2D eigenvalue weighted by molar-refractivity contribution is 7.99. The molecule has 3 rings (SSSR count). The lowest BCUT2D eigenvalue weighted by Crippen LogP contribution is -2.15. The third-order valence-electron chi connectivity index (χ3n) is 3.26. The molecule has 2 aromatic rings. The minimum absolute atomic E-state index is 0.210.